The molecule has 1 heterocycles. The molecule has 0 atom stereocenters. The van der Waals surface area contributed by atoms with Gasteiger partial charge in [0.2, 0.25) is 0 Å². The minimum absolute atomic E-state index is 0.497. The van der Waals surface area contributed by atoms with Crippen molar-refractivity contribution in [3.63, 3.8) is 0 Å². The molecule has 1 aromatic heterocycles. The Morgan fingerprint density at radius 1 is 1.29 bits per heavy atom. The van der Waals surface area contributed by atoms with Gasteiger partial charge in [-0.1, -0.05) is 24.3 Å². The first-order valence-corrected chi connectivity index (χ1v) is 8.68. The maximum atomic E-state index is 5.73. The van der Waals surface area contributed by atoms with E-state index in [1.165, 1.54) is 9.21 Å². The number of halogens is 2. The molecule has 17 heavy (non-hydrogen) atoms. The zero-order chi connectivity index (χ0) is 12.1. The Kier molecular flexibility index (Phi) is 4.99. The van der Waals surface area contributed by atoms with E-state index in [-0.39, 0.29) is 0 Å². The minimum atomic E-state index is 0.497. The van der Waals surface area contributed by atoms with Crippen LogP contribution in [0.4, 0.5) is 0 Å². The molecule has 0 fully saturated rings. The molecule has 6 heteroatoms. The van der Waals surface area contributed by atoms with Gasteiger partial charge in [-0.05, 0) is 16.3 Å². The van der Waals surface area contributed by atoms with Crippen molar-refractivity contribution in [1.29, 1.82) is 0 Å². The van der Waals surface area contributed by atoms with E-state index in [9.17, 15) is 0 Å². The lowest BCUT2D eigenvalue weighted by atomic mass is 10.1. The van der Waals surface area contributed by atoms with Crippen molar-refractivity contribution < 1.29 is 8.71 Å². The summed E-state index contributed by atoms with van der Waals surface area (Å²) in [7, 11) is 1.21. The van der Waals surface area contributed by atoms with Gasteiger partial charge in [0.25, 0.3) is 5.88 Å². The van der Waals surface area contributed by atoms with Crippen LogP contribution in [0.25, 0.3) is 0 Å². The lowest BCUT2D eigenvalue weighted by molar-refractivity contribution is 0.372. The maximum absolute atomic E-state index is 5.73. The number of hydrogen-bond acceptors (Lipinski definition) is 4. The predicted octanol–water partition coefficient (Wildman–Crippen LogP) is 4.38. The summed E-state index contributed by atoms with van der Waals surface area (Å²) < 4.78 is 10.3. The number of nitrogens with zero attached hydrogens (tertiary/aromatic N) is 1. The van der Waals surface area contributed by atoms with Crippen molar-refractivity contribution >= 4 is 42.0 Å². The molecule has 0 saturated heterocycles. The Morgan fingerprint density at radius 2 is 2.00 bits per heavy atom. The van der Waals surface area contributed by atoms with Crippen LogP contribution in [0.2, 0.25) is 0 Å². The summed E-state index contributed by atoms with van der Waals surface area (Å²) in [6, 6.07) is 9.89. The van der Waals surface area contributed by atoms with Crippen LogP contribution < -0.4 is 4.18 Å². The summed E-state index contributed by atoms with van der Waals surface area (Å²) in [5, 5.41) is 3.79. The van der Waals surface area contributed by atoms with Crippen molar-refractivity contribution in [2.45, 2.75) is 12.3 Å². The summed E-state index contributed by atoms with van der Waals surface area (Å²) in [6.07, 6.45) is 0.699. The highest BCUT2D eigenvalue weighted by Gasteiger charge is 2.06. The summed E-state index contributed by atoms with van der Waals surface area (Å²) in [5.41, 5.74) is 2.27. The third-order valence-corrected chi connectivity index (χ3v) is 3.29. The van der Waals surface area contributed by atoms with E-state index >= 15 is 0 Å². The Morgan fingerprint density at radius 3 is 2.65 bits per heavy atom. The fraction of sp³-hybridized carbons (Fsp3) is 0.182. The molecule has 90 valence electrons. The Hall–Kier alpha value is -0.400. The summed E-state index contributed by atoms with van der Waals surface area (Å²) in [6.45, 7) is 0. The monoisotopic (exact) mass is 381 g/mol. The van der Waals surface area contributed by atoms with E-state index in [0.29, 0.717) is 18.2 Å². The second-order valence-corrected chi connectivity index (χ2v) is 5.04. The zero-order valence-electron chi connectivity index (χ0n) is 8.73. The predicted molar refractivity (Wildman–Crippen MR) is 77.5 cm³/mol. The molecule has 3 nitrogen and oxygen atoms in total. The molecule has 0 unspecified atom stereocenters. The van der Waals surface area contributed by atoms with E-state index in [4.69, 9.17) is 20.3 Å². The second-order valence-electron chi connectivity index (χ2n) is 3.40. The molecule has 0 N–H and O–H groups in total. The smallest absolute Gasteiger partial charge is 0.268 e. The molecule has 0 spiro atoms. The zero-order valence-corrected chi connectivity index (χ0v) is 12.5. The van der Waals surface area contributed by atoms with Crippen LogP contribution in [0, 0.1) is 0 Å². The van der Waals surface area contributed by atoms with E-state index in [0.717, 1.165) is 16.9 Å². The largest absolute Gasteiger partial charge is 0.392 e. The van der Waals surface area contributed by atoms with E-state index in [1.807, 2.05) is 45.5 Å². The highest BCUT2D eigenvalue weighted by Crippen LogP contribution is 2.22. The molecular weight excluding hydrogens is 373 g/mol. The van der Waals surface area contributed by atoms with Crippen LogP contribution >= 0.6 is 42.0 Å². The number of alkyl halides is 1. The number of rotatable bonds is 5. The van der Waals surface area contributed by atoms with Gasteiger partial charge in [0.15, 0.2) is 0 Å². The molecule has 0 aliphatic rings. The fourth-order valence-electron chi connectivity index (χ4n) is 1.40. The normalized spacial score (nSPS) is 10.5. The van der Waals surface area contributed by atoms with Gasteiger partial charge in [0.1, 0.15) is 15.0 Å². The van der Waals surface area contributed by atoms with Crippen molar-refractivity contribution in [2.75, 3.05) is 0 Å². The molecule has 2 rings (SSSR count). The molecule has 0 saturated carbocycles. The number of hydrogen-bond donors (Lipinski definition) is 0. The lowest BCUT2D eigenvalue weighted by Crippen LogP contribution is -1.86. The molecule has 0 aliphatic heterocycles. The molecule has 1 aromatic carbocycles. The molecule has 2 aromatic rings. The molecule has 0 radical (unpaired) electrons. The highest BCUT2D eigenvalue weighted by molar-refractivity contribution is 14.2. The molecule has 0 bridgehead atoms. The molecule has 0 amide bonds. The van der Waals surface area contributed by atoms with Crippen LogP contribution in [-0.2, 0) is 12.3 Å². The lowest BCUT2D eigenvalue weighted by Gasteiger charge is -1.98. The Bertz CT molecular complexity index is 475. The van der Waals surface area contributed by atoms with Gasteiger partial charge in [-0.2, -0.15) is 0 Å². The fourth-order valence-corrected chi connectivity index (χ4v) is 2.27. The standard InChI is InChI=1S/C11H9ClINO2S/c12-7-9-3-1-8(2-4-9)5-10-6-11(14-15-10)16-17-13/h1-4,6H,5,7H2. The van der Waals surface area contributed by atoms with E-state index in [2.05, 4.69) is 5.16 Å². The number of aromatic nitrogens is 1. The van der Waals surface area contributed by atoms with Crippen LogP contribution in [0.1, 0.15) is 16.9 Å². The van der Waals surface area contributed by atoms with Crippen molar-refractivity contribution in [1.82, 2.24) is 5.16 Å². The Balaban J connectivity index is 2.03. The summed E-state index contributed by atoms with van der Waals surface area (Å²) >= 11 is 7.76. The van der Waals surface area contributed by atoms with Gasteiger partial charge in [0, 0.05) is 39.6 Å². The van der Waals surface area contributed by atoms with Gasteiger partial charge < -0.3 is 8.71 Å². The van der Waals surface area contributed by atoms with Crippen LogP contribution in [0.3, 0.4) is 0 Å². The van der Waals surface area contributed by atoms with Crippen LogP contribution in [0.5, 0.6) is 5.88 Å². The first-order valence-electron chi connectivity index (χ1n) is 4.86. The average Bonchev–Trinajstić information content (AvgIpc) is 2.78. The first kappa shape index (κ1) is 13.0. The topological polar surface area (TPSA) is 35.3 Å². The van der Waals surface area contributed by atoms with Crippen molar-refractivity contribution in [2.24, 2.45) is 0 Å². The van der Waals surface area contributed by atoms with Gasteiger partial charge >= 0.3 is 0 Å². The summed E-state index contributed by atoms with van der Waals surface area (Å²) in [5.74, 6) is 1.81. The molecule has 0 aliphatic carbocycles. The molecular formula is C11H9ClINO2S. The van der Waals surface area contributed by atoms with E-state index in [1.54, 1.807) is 6.07 Å². The SMILES string of the molecule is ClCc1ccc(Cc2cc(OSI)no2)cc1. The minimum Gasteiger partial charge on any atom is -0.392 e. The maximum Gasteiger partial charge on any atom is 0.268 e. The van der Waals surface area contributed by atoms with Crippen LogP contribution in [-0.4, -0.2) is 5.16 Å². The second kappa shape index (κ2) is 6.51. The Labute approximate surface area is 121 Å². The average molecular weight is 382 g/mol. The van der Waals surface area contributed by atoms with Crippen molar-refractivity contribution in [3.05, 3.63) is 47.2 Å². The third kappa shape index (κ3) is 3.79. The highest BCUT2D eigenvalue weighted by atomic mass is 127. The van der Waals surface area contributed by atoms with Gasteiger partial charge in [-0.25, -0.2) is 0 Å². The number of benzene rings is 1. The van der Waals surface area contributed by atoms with Crippen LogP contribution in [0.15, 0.2) is 34.9 Å². The summed E-state index contributed by atoms with van der Waals surface area (Å²) in [4.78, 5) is 0. The van der Waals surface area contributed by atoms with Crippen molar-refractivity contribution in [3.8, 4) is 5.88 Å². The van der Waals surface area contributed by atoms with Gasteiger partial charge in [-0.3, -0.25) is 0 Å². The third-order valence-electron chi connectivity index (χ3n) is 2.21. The van der Waals surface area contributed by atoms with E-state index < -0.39 is 0 Å². The van der Waals surface area contributed by atoms with Gasteiger partial charge in [-0.15, -0.1) is 11.6 Å². The quantitative estimate of drug-likeness (QED) is 0.437. The first-order chi connectivity index (χ1) is 8.31. The van der Waals surface area contributed by atoms with Gasteiger partial charge in [0.05, 0.1) is 0 Å².